The van der Waals surface area contributed by atoms with E-state index >= 15 is 0 Å². The second-order valence-corrected chi connectivity index (χ2v) is 8.18. The van der Waals surface area contributed by atoms with Gasteiger partial charge in [0.25, 0.3) is 0 Å². The number of carbonyl (C=O) groups is 1. The van der Waals surface area contributed by atoms with Gasteiger partial charge in [-0.25, -0.2) is 4.98 Å². The van der Waals surface area contributed by atoms with Crippen molar-refractivity contribution in [2.24, 2.45) is 0 Å². The Morgan fingerprint density at radius 1 is 1.03 bits per heavy atom. The van der Waals surface area contributed by atoms with Gasteiger partial charge in [-0.3, -0.25) is 9.69 Å². The fourth-order valence-corrected chi connectivity index (χ4v) is 4.42. The van der Waals surface area contributed by atoms with Crippen LogP contribution in [0.15, 0.2) is 79.1 Å². The summed E-state index contributed by atoms with van der Waals surface area (Å²) >= 11 is 0. The van der Waals surface area contributed by atoms with Gasteiger partial charge in [-0.15, -0.1) is 0 Å². The number of carboxylic acids is 1. The van der Waals surface area contributed by atoms with Crippen LogP contribution >= 0.6 is 0 Å². The van der Waals surface area contributed by atoms with Crippen LogP contribution in [0.1, 0.15) is 17.2 Å². The SMILES string of the molecule is O=C(O)C(c1c[nH]c2cc(OCc3ccccc3)ccc12)N1CCN(c2ccccn2)CC1. The van der Waals surface area contributed by atoms with Crippen LogP contribution in [0.25, 0.3) is 10.9 Å². The minimum absolute atomic E-state index is 0.484. The zero-order valence-corrected chi connectivity index (χ0v) is 18.2. The van der Waals surface area contributed by atoms with Gasteiger partial charge in [-0.2, -0.15) is 0 Å². The molecule has 0 amide bonds. The molecule has 0 saturated carbocycles. The Hall–Kier alpha value is -3.84. The van der Waals surface area contributed by atoms with Crippen LogP contribution in [0.5, 0.6) is 5.75 Å². The van der Waals surface area contributed by atoms with Crippen molar-refractivity contribution in [3.63, 3.8) is 0 Å². The summed E-state index contributed by atoms with van der Waals surface area (Å²) in [4.78, 5) is 24.2. The Kier molecular flexibility index (Phi) is 5.95. The molecule has 1 aliphatic heterocycles. The molecule has 2 aromatic carbocycles. The highest BCUT2D eigenvalue weighted by Gasteiger charge is 2.32. The number of H-pyrrole nitrogens is 1. The number of nitrogens with one attached hydrogen (secondary N) is 1. The van der Waals surface area contributed by atoms with Crippen LogP contribution in [0.2, 0.25) is 0 Å². The predicted octanol–water partition coefficient (Wildman–Crippen LogP) is 4.09. The lowest BCUT2D eigenvalue weighted by Crippen LogP contribution is -2.49. The molecule has 1 unspecified atom stereocenters. The topological polar surface area (TPSA) is 81.7 Å². The van der Waals surface area contributed by atoms with Crippen LogP contribution in [-0.4, -0.2) is 52.1 Å². The van der Waals surface area contributed by atoms with Gasteiger partial charge in [-0.1, -0.05) is 36.4 Å². The predicted molar refractivity (Wildman–Crippen MR) is 127 cm³/mol. The Labute approximate surface area is 192 Å². The number of rotatable bonds is 7. The number of piperazine rings is 1. The van der Waals surface area contributed by atoms with E-state index in [1.54, 1.807) is 6.20 Å². The first-order chi connectivity index (χ1) is 16.2. The second-order valence-electron chi connectivity index (χ2n) is 8.18. The zero-order valence-electron chi connectivity index (χ0n) is 18.2. The molecule has 1 aliphatic rings. The number of fused-ring (bicyclic) bond motifs is 1. The van der Waals surface area contributed by atoms with Crippen LogP contribution < -0.4 is 9.64 Å². The number of aromatic amines is 1. The lowest BCUT2D eigenvalue weighted by molar-refractivity contribution is -0.143. The largest absolute Gasteiger partial charge is 0.489 e. The maximum Gasteiger partial charge on any atom is 0.325 e. The molecule has 0 aliphatic carbocycles. The van der Waals surface area contributed by atoms with E-state index in [1.165, 1.54) is 0 Å². The summed E-state index contributed by atoms with van der Waals surface area (Å²) in [5.74, 6) is 0.835. The molecule has 5 rings (SSSR count). The summed E-state index contributed by atoms with van der Waals surface area (Å²) in [7, 11) is 0. The molecule has 7 heteroatoms. The van der Waals surface area contributed by atoms with Crippen molar-refractivity contribution in [2.75, 3.05) is 31.1 Å². The molecule has 4 aromatic rings. The molecule has 2 aromatic heterocycles. The molecule has 0 bridgehead atoms. The van der Waals surface area contributed by atoms with Gasteiger partial charge in [0, 0.05) is 61.1 Å². The van der Waals surface area contributed by atoms with Crippen molar-refractivity contribution in [1.29, 1.82) is 0 Å². The molecule has 1 atom stereocenters. The van der Waals surface area contributed by atoms with Gasteiger partial charge >= 0.3 is 5.97 Å². The van der Waals surface area contributed by atoms with Crippen LogP contribution in [0.4, 0.5) is 5.82 Å². The van der Waals surface area contributed by atoms with E-state index in [0.717, 1.165) is 46.7 Å². The minimum Gasteiger partial charge on any atom is -0.489 e. The first-order valence-corrected chi connectivity index (χ1v) is 11.1. The standard InChI is InChI=1S/C26H26N4O3/c31-26(32)25(30-14-12-29(13-15-30)24-8-4-5-11-27-24)22-17-28-23-16-20(9-10-21(22)23)33-18-19-6-2-1-3-7-19/h1-11,16-17,25,28H,12-15,18H2,(H,31,32). The maximum atomic E-state index is 12.3. The van der Waals surface area contributed by atoms with Crippen LogP contribution in [-0.2, 0) is 11.4 Å². The first-order valence-electron chi connectivity index (χ1n) is 11.1. The first kappa shape index (κ1) is 21.0. The number of carboxylic acid groups (broad SMARTS) is 1. The van der Waals surface area contributed by atoms with E-state index in [9.17, 15) is 9.90 Å². The molecule has 33 heavy (non-hydrogen) atoms. The molecule has 1 fully saturated rings. The van der Waals surface area contributed by atoms with Gasteiger partial charge in [0.2, 0.25) is 0 Å². The molecule has 168 valence electrons. The van der Waals surface area contributed by atoms with E-state index in [0.29, 0.717) is 19.7 Å². The number of hydrogen-bond acceptors (Lipinski definition) is 5. The van der Waals surface area contributed by atoms with Crippen molar-refractivity contribution in [1.82, 2.24) is 14.9 Å². The quantitative estimate of drug-likeness (QED) is 0.449. The summed E-state index contributed by atoms with van der Waals surface area (Å²) < 4.78 is 5.93. The van der Waals surface area contributed by atoms with Gasteiger partial charge in [0.1, 0.15) is 24.2 Å². The van der Waals surface area contributed by atoms with E-state index in [-0.39, 0.29) is 0 Å². The summed E-state index contributed by atoms with van der Waals surface area (Å²) in [6.07, 6.45) is 3.60. The Bertz CT molecular complexity index is 1220. The molecule has 0 spiro atoms. The Balaban J connectivity index is 1.31. The smallest absolute Gasteiger partial charge is 0.325 e. The highest BCUT2D eigenvalue weighted by Crippen LogP contribution is 2.32. The van der Waals surface area contributed by atoms with E-state index < -0.39 is 12.0 Å². The number of aromatic nitrogens is 2. The van der Waals surface area contributed by atoms with Crippen molar-refractivity contribution in [3.8, 4) is 5.75 Å². The highest BCUT2D eigenvalue weighted by atomic mass is 16.5. The van der Waals surface area contributed by atoms with E-state index in [2.05, 4.69) is 14.9 Å². The molecule has 3 heterocycles. The molecule has 2 N–H and O–H groups in total. The lowest BCUT2D eigenvalue weighted by Gasteiger charge is -2.38. The average Bonchev–Trinajstić information content (AvgIpc) is 3.27. The van der Waals surface area contributed by atoms with Crippen LogP contribution in [0.3, 0.4) is 0 Å². The van der Waals surface area contributed by atoms with Gasteiger partial charge < -0.3 is 19.7 Å². The molecule has 1 saturated heterocycles. The minimum atomic E-state index is -0.841. The van der Waals surface area contributed by atoms with Crippen molar-refractivity contribution < 1.29 is 14.6 Å². The van der Waals surface area contributed by atoms with Crippen molar-refractivity contribution >= 4 is 22.7 Å². The fourth-order valence-electron chi connectivity index (χ4n) is 4.42. The summed E-state index contributed by atoms with van der Waals surface area (Å²) in [5, 5.41) is 11.0. The Morgan fingerprint density at radius 2 is 1.82 bits per heavy atom. The number of hydrogen-bond donors (Lipinski definition) is 2. The van der Waals surface area contributed by atoms with Crippen molar-refractivity contribution in [3.05, 3.63) is 90.3 Å². The molecule has 0 radical (unpaired) electrons. The second kappa shape index (κ2) is 9.34. The highest BCUT2D eigenvalue weighted by molar-refractivity contribution is 5.90. The third-order valence-corrected chi connectivity index (χ3v) is 6.11. The van der Waals surface area contributed by atoms with Gasteiger partial charge in [-0.05, 0) is 29.8 Å². The number of benzene rings is 2. The van der Waals surface area contributed by atoms with Crippen LogP contribution in [0, 0.1) is 0 Å². The number of aliphatic carboxylic acids is 1. The summed E-state index contributed by atoms with van der Waals surface area (Å²) in [6, 6.07) is 20.9. The number of anilines is 1. The van der Waals surface area contributed by atoms with E-state index in [1.807, 2.05) is 77.8 Å². The molecular weight excluding hydrogens is 416 g/mol. The average molecular weight is 443 g/mol. The lowest BCUT2D eigenvalue weighted by atomic mass is 10.0. The maximum absolute atomic E-state index is 12.3. The monoisotopic (exact) mass is 442 g/mol. The fraction of sp³-hybridized carbons (Fsp3) is 0.231. The summed E-state index contributed by atoms with van der Waals surface area (Å²) in [6.45, 7) is 3.26. The summed E-state index contributed by atoms with van der Waals surface area (Å²) in [5.41, 5.74) is 2.74. The molecule has 7 nitrogen and oxygen atoms in total. The third-order valence-electron chi connectivity index (χ3n) is 6.11. The Morgan fingerprint density at radius 3 is 2.55 bits per heavy atom. The van der Waals surface area contributed by atoms with Gasteiger partial charge in [0.05, 0.1) is 0 Å². The number of nitrogens with zero attached hydrogens (tertiary/aromatic N) is 3. The third kappa shape index (κ3) is 4.54. The normalized spacial score (nSPS) is 15.5. The van der Waals surface area contributed by atoms with E-state index in [4.69, 9.17) is 4.74 Å². The van der Waals surface area contributed by atoms with Gasteiger partial charge in [0.15, 0.2) is 0 Å². The van der Waals surface area contributed by atoms with Crippen molar-refractivity contribution in [2.45, 2.75) is 12.6 Å². The zero-order chi connectivity index (χ0) is 22.6. The number of ether oxygens (including phenoxy) is 1. The number of pyridine rings is 1. The molecular formula is C26H26N4O3.